The van der Waals surface area contributed by atoms with E-state index < -0.39 is 27.8 Å². The molecule has 9 heteroatoms. The highest BCUT2D eigenvalue weighted by Crippen LogP contribution is 2.27. The average molecular weight is 352 g/mol. The standard InChI is InChI=1S/C15H17FN4O3S/c1-19-10-8-14(18-19)17-15(21)13-3-2-9-20(13)24(22,23)12-6-4-11(16)5-7-12/h4-8,10,13H,2-3,9H2,1H3,(H,17,18,21)/t13-/m1/s1. The van der Waals surface area contributed by atoms with Crippen LogP contribution < -0.4 is 5.32 Å². The maximum absolute atomic E-state index is 13.0. The van der Waals surface area contributed by atoms with Gasteiger partial charge < -0.3 is 5.32 Å². The van der Waals surface area contributed by atoms with Crippen LogP contribution in [0.3, 0.4) is 0 Å². The molecule has 1 aliphatic heterocycles. The molecule has 1 amide bonds. The van der Waals surface area contributed by atoms with Crippen molar-refractivity contribution in [2.75, 3.05) is 11.9 Å². The van der Waals surface area contributed by atoms with E-state index in [1.54, 1.807) is 19.3 Å². The number of rotatable bonds is 4. The molecule has 2 heterocycles. The van der Waals surface area contributed by atoms with Crippen LogP contribution in [0.2, 0.25) is 0 Å². The lowest BCUT2D eigenvalue weighted by Gasteiger charge is -2.23. The molecular weight excluding hydrogens is 335 g/mol. The van der Waals surface area contributed by atoms with E-state index in [1.165, 1.54) is 21.1 Å². The SMILES string of the molecule is Cn1ccc(NC(=O)[C@H]2CCCN2S(=O)(=O)c2ccc(F)cc2)n1. The van der Waals surface area contributed by atoms with Crippen LogP contribution in [-0.4, -0.2) is 41.0 Å². The van der Waals surface area contributed by atoms with Gasteiger partial charge in [-0.3, -0.25) is 9.48 Å². The van der Waals surface area contributed by atoms with Crippen LogP contribution in [0.4, 0.5) is 10.2 Å². The summed E-state index contributed by atoms with van der Waals surface area (Å²) in [5.41, 5.74) is 0. The third kappa shape index (κ3) is 3.17. The Hall–Kier alpha value is -2.26. The third-order valence-electron chi connectivity index (χ3n) is 3.89. The highest BCUT2D eigenvalue weighted by Gasteiger charge is 2.39. The summed E-state index contributed by atoms with van der Waals surface area (Å²) in [4.78, 5) is 12.4. The zero-order chi connectivity index (χ0) is 17.3. The van der Waals surface area contributed by atoms with E-state index in [9.17, 15) is 17.6 Å². The van der Waals surface area contributed by atoms with Gasteiger partial charge in [-0.1, -0.05) is 0 Å². The molecule has 1 saturated heterocycles. The second-order valence-electron chi connectivity index (χ2n) is 5.59. The van der Waals surface area contributed by atoms with Crippen molar-refractivity contribution < 1.29 is 17.6 Å². The Kier molecular flexibility index (Phi) is 4.37. The van der Waals surface area contributed by atoms with Crippen molar-refractivity contribution >= 4 is 21.7 Å². The number of carbonyl (C=O) groups is 1. The van der Waals surface area contributed by atoms with Gasteiger partial charge in [0.05, 0.1) is 4.90 Å². The Labute approximate surface area is 139 Å². The number of anilines is 1. The first kappa shape index (κ1) is 16.6. The van der Waals surface area contributed by atoms with E-state index in [2.05, 4.69) is 10.4 Å². The number of aromatic nitrogens is 2. The first-order chi connectivity index (χ1) is 11.4. The van der Waals surface area contributed by atoms with Crippen LogP contribution >= 0.6 is 0 Å². The number of amides is 1. The van der Waals surface area contributed by atoms with Crippen molar-refractivity contribution in [2.45, 2.75) is 23.8 Å². The fourth-order valence-corrected chi connectivity index (χ4v) is 4.38. The fourth-order valence-electron chi connectivity index (χ4n) is 2.72. The Bertz CT molecular complexity index is 848. The quantitative estimate of drug-likeness (QED) is 0.900. The number of sulfonamides is 1. The molecular formula is C15H17FN4O3S. The lowest BCUT2D eigenvalue weighted by atomic mass is 10.2. The Morgan fingerprint density at radius 1 is 1.29 bits per heavy atom. The summed E-state index contributed by atoms with van der Waals surface area (Å²) in [7, 11) is -2.14. The fraction of sp³-hybridized carbons (Fsp3) is 0.333. The molecule has 1 aromatic carbocycles. The first-order valence-corrected chi connectivity index (χ1v) is 8.90. The van der Waals surface area contributed by atoms with Gasteiger partial charge in [-0.2, -0.15) is 9.40 Å². The second kappa shape index (κ2) is 6.33. The van der Waals surface area contributed by atoms with Gasteiger partial charge in [-0.15, -0.1) is 0 Å². The second-order valence-corrected chi connectivity index (χ2v) is 7.48. The molecule has 0 saturated carbocycles. The van der Waals surface area contributed by atoms with E-state index in [4.69, 9.17) is 0 Å². The van der Waals surface area contributed by atoms with Crippen molar-refractivity contribution in [1.82, 2.24) is 14.1 Å². The maximum atomic E-state index is 13.0. The number of hydrogen-bond donors (Lipinski definition) is 1. The molecule has 0 spiro atoms. The predicted molar refractivity (Wildman–Crippen MR) is 85.2 cm³/mol. The molecule has 3 rings (SSSR count). The molecule has 0 aliphatic carbocycles. The number of carbonyl (C=O) groups excluding carboxylic acids is 1. The normalized spacial score (nSPS) is 18.7. The zero-order valence-electron chi connectivity index (χ0n) is 13.0. The summed E-state index contributed by atoms with van der Waals surface area (Å²) >= 11 is 0. The Morgan fingerprint density at radius 2 is 2.00 bits per heavy atom. The number of aryl methyl sites for hydroxylation is 1. The van der Waals surface area contributed by atoms with E-state index in [-0.39, 0.29) is 11.4 Å². The molecule has 1 atom stereocenters. The largest absolute Gasteiger partial charge is 0.308 e. The minimum Gasteiger partial charge on any atom is -0.308 e. The number of halogens is 1. The van der Waals surface area contributed by atoms with Crippen LogP contribution in [0.5, 0.6) is 0 Å². The van der Waals surface area contributed by atoms with Gasteiger partial charge in [0.25, 0.3) is 0 Å². The molecule has 1 N–H and O–H groups in total. The summed E-state index contributed by atoms with van der Waals surface area (Å²) in [5, 5.41) is 6.68. The number of nitrogens with one attached hydrogen (secondary N) is 1. The molecule has 24 heavy (non-hydrogen) atoms. The van der Waals surface area contributed by atoms with E-state index >= 15 is 0 Å². The molecule has 0 bridgehead atoms. The predicted octanol–water partition coefficient (Wildman–Crippen LogP) is 1.35. The monoisotopic (exact) mass is 352 g/mol. The molecule has 128 valence electrons. The Balaban J connectivity index is 1.81. The van der Waals surface area contributed by atoms with E-state index in [0.717, 1.165) is 12.1 Å². The van der Waals surface area contributed by atoms with Gasteiger partial charge in [0.1, 0.15) is 11.9 Å². The van der Waals surface area contributed by atoms with Gasteiger partial charge in [0.2, 0.25) is 15.9 Å². The topological polar surface area (TPSA) is 84.3 Å². The highest BCUT2D eigenvalue weighted by molar-refractivity contribution is 7.89. The zero-order valence-corrected chi connectivity index (χ0v) is 13.8. The molecule has 0 unspecified atom stereocenters. The number of hydrogen-bond acceptors (Lipinski definition) is 4. The van der Waals surface area contributed by atoms with Crippen molar-refractivity contribution in [1.29, 1.82) is 0 Å². The van der Waals surface area contributed by atoms with Gasteiger partial charge in [-0.05, 0) is 37.1 Å². The summed E-state index contributed by atoms with van der Waals surface area (Å²) in [6.45, 7) is 0.250. The smallest absolute Gasteiger partial charge is 0.244 e. The third-order valence-corrected chi connectivity index (χ3v) is 5.81. The van der Waals surface area contributed by atoms with Crippen molar-refractivity contribution in [3.8, 4) is 0 Å². The Morgan fingerprint density at radius 3 is 2.62 bits per heavy atom. The van der Waals surface area contributed by atoms with Crippen LogP contribution in [0.1, 0.15) is 12.8 Å². The van der Waals surface area contributed by atoms with E-state index in [1.807, 2.05) is 0 Å². The summed E-state index contributed by atoms with van der Waals surface area (Å²) in [6.07, 6.45) is 2.69. The minimum absolute atomic E-state index is 0.0264. The van der Waals surface area contributed by atoms with Crippen molar-refractivity contribution in [3.63, 3.8) is 0 Å². The molecule has 2 aromatic rings. The molecule has 7 nitrogen and oxygen atoms in total. The summed E-state index contributed by atoms with van der Waals surface area (Å²) < 4.78 is 41.2. The molecule has 1 fully saturated rings. The van der Waals surface area contributed by atoms with Crippen LogP contribution in [0.15, 0.2) is 41.4 Å². The first-order valence-electron chi connectivity index (χ1n) is 7.46. The average Bonchev–Trinajstić information content (AvgIpc) is 3.17. The van der Waals surface area contributed by atoms with Crippen LogP contribution in [0.25, 0.3) is 0 Å². The summed E-state index contributed by atoms with van der Waals surface area (Å²) in [6, 6.07) is 5.42. The highest BCUT2D eigenvalue weighted by atomic mass is 32.2. The maximum Gasteiger partial charge on any atom is 0.244 e. The molecule has 1 aromatic heterocycles. The van der Waals surface area contributed by atoms with Crippen LogP contribution in [0, 0.1) is 5.82 Å². The summed E-state index contributed by atoms with van der Waals surface area (Å²) in [5.74, 6) is -0.565. The number of benzene rings is 1. The van der Waals surface area contributed by atoms with Gasteiger partial charge in [0.15, 0.2) is 5.82 Å². The van der Waals surface area contributed by atoms with E-state index in [0.29, 0.717) is 18.7 Å². The van der Waals surface area contributed by atoms with Crippen molar-refractivity contribution in [2.24, 2.45) is 7.05 Å². The molecule has 1 aliphatic rings. The van der Waals surface area contributed by atoms with Gasteiger partial charge in [0, 0.05) is 25.9 Å². The lowest BCUT2D eigenvalue weighted by Crippen LogP contribution is -2.43. The number of nitrogens with zero attached hydrogens (tertiary/aromatic N) is 3. The minimum atomic E-state index is -3.86. The lowest BCUT2D eigenvalue weighted by molar-refractivity contribution is -0.119. The van der Waals surface area contributed by atoms with Crippen molar-refractivity contribution in [3.05, 3.63) is 42.3 Å². The van der Waals surface area contributed by atoms with Crippen LogP contribution in [-0.2, 0) is 21.9 Å². The van der Waals surface area contributed by atoms with Gasteiger partial charge in [-0.25, -0.2) is 12.8 Å². The van der Waals surface area contributed by atoms with Gasteiger partial charge >= 0.3 is 0 Å². The molecule has 0 radical (unpaired) electrons.